The Hall–Kier alpha value is -0.190. The highest BCUT2D eigenvalue weighted by molar-refractivity contribution is 9.10. The number of halogens is 4. The van der Waals surface area contributed by atoms with Crippen LogP contribution < -0.4 is 5.73 Å². The summed E-state index contributed by atoms with van der Waals surface area (Å²) in [5, 5.41) is 0. The molecule has 1 nitrogen and oxygen atoms in total. The van der Waals surface area contributed by atoms with Gasteiger partial charge in [-0.15, -0.1) is 12.4 Å². The SMILES string of the molecule is CC(C)C[C@@H](N)c1c(F)cc(Br)cc1F.Cl. The summed E-state index contributed by atoms with van der Waals surface area (Å²) < 4.78 is 27.3. The van der Waals surface area contributed by atoms with E-state index in [1.807, 2.05) is 13.8 Å². The van der Waals surface area contributed by atoms with E-state index in [2.05, 4.69) is 15.9 Å². The van der Waals surface area contributed by atoms with Crippen LogP contribution >= 0.6 is 28.3 Å². The molecule has 0 bridgehead atoms. The summed E-state index contributed by atoms with van der Waals surface area (Å²) in [6, 6.07) is 1.88. The van der Waals surface area contributed by atoms with Crippen LogP contribution in [0.25, 0.3) is 0 Å². The zero-order chi connectivity index (χ0) is 11.6. The van der Waals surface area contributed by atoms with Crippen LogP contribution in [0.5, 0.6) is 0 Å². The van der Waals surface area contributed by atoms with Gasteiger partial charge in [0.25, 0.3) is 0 Å². The van der Waals surface area contributed by atoms with Crippen LogP contribution in [0.3, 0.4) is 0 Å². The molecule has 1 aromatic carbocycles. The third-order valence-electron chi connectivity index (χ3n) is 2.14. The molecule has 16 heavy (non-hydrogen) atoms. The molecule has 0 saturated carbocycles. The van der Waals surface area contributed by atoms with Gasteiger partial charge < -0.3 is 5.73 Å². The predicted octanol–water partition coefficient (Wildman–Crippen LogP) is 4.20. The second-order valence-corrected chi connectivity index (χ2v) is 4.93. The van der Waals surface area contributed by atoms with Crippen molar-refractivity contribution in [1.29, 1.82) is 0 Å². The lowest BCUT2D eigenvalue weighted by atomic mass is 9.97. The van der Waals surface area contributed by atoms with E-state index in [0.29, 0.717) is 16.8 Å². The molecule has 5 heteroatoms. The molecule has 0 saturated heterocycles. The molecule has 0 aliphatic rings. The van der Waals surface area contributed by atoms with Crippen LogP contribution in [0.2, 0.25) is 0 Å². The molecular formula is C11H15BrClF2N. The highest BCUT2D eigenvalue weighted by Crippen LogP contribution is 2.27. The van der Waals surface area contributed by atoms with Gasteiger partial charge in [-0.2, -0.15) is 0 Å². The van der Waals surface area contributed by atoms with Gasteiger partial charge in [-0.25, -0.2) is 8.78 Å². The van der Waals surface area contributed by atoms with E-state index in [9.17, 15) is 8.78 Å². The highest BCUT2D eigenvalue weighted by Gasteiger charge is 2.18. The highest BCUT2D eigenvalue weighted by atomic mass is 79.9. The third-order valence-corrected chi connectivity index (χ3v) is 2.60. The van der Waals surface area contributed by atoms with Crippen LogP contribution in [0.4, 0.5) is 8.78 Å². The average Bonchev–Trinajstić information content (AvgIpc) is 1.99. The van der Waals surface area contributed by atoms with E-state index in [1.54, 1.807) is 0 Å². The van der Waals surface area contributed by atoms with Gasteiger partial charge >= 0.3 is 0 Å². The summed E-state index contributed by atoms with van der Waals surface area (Å²) in [6.07, 6.45) is 0.565. The van der Waals surface area contributed by atoms with Crippen molar-refractivity contribution < 1.29 is 8.78 Å². The minimum Gasteiger partial charge on any atom is -0.324 e. The van der Waals surface area contributed by atoms with Gasteiger partial charge in [-0.3, -0.25) is 0 Å². The fraction of sp³-hybridized carbons (Fsp3) is 0.455. The summed E-state index contributed by atoms with van der Waals surface area (Å²) in [6.45, 7) is 3.93. The average molecular weight is 315 g/mol. The van der Waals surface area contributed by atoms with E-state index in [1.165, 1.54) is 12.1 Å². The second-order valence-electron chi connectivity index (χ2n) is 4.02. The zero-order valence-corrected chi connectivity index (χ0v) is 11.5. The maximum Gasteiger partial charge on any atom is 0.132 e. The lowest BCUT2D eigenvalue weighted by Crippen LogP contribution is -2.16. The molecule has 0 aliphatic carbocycles. The van der Waals surface area contributed by atoms with Crippen molar-refractivity contribution in [3.63, 3.8) is 0 Å². The molecule has 1 rings (SSSR count). The molecule has 0 aromatic heterocycles. The van der Waals surface area contributed by atoms with Crippen LogP contribution in [0.15, 0.2) is 16.6 Å². The summed E-state index contributed by atoms with van der Waals surface area (Å²) >= 11 is 3.03. The molecule has 1 aromatic rings. The van der Waals surface area contributed by atoms with Gasteiger partial charge in [0.1, 0.15) is 11.6 Å². The van der Waals surface area contributed by atoms with E-state index in [4.69, 9.17) is 5.73 Å². The lowest BCUT2D eigenvalue weighted by molar-refractivity contribution is 0.463. The minimum atomic E-state index is -0.588. The first-order chi connectivity index (χ1) is 6.91. The first kappa shape index (κ1) is 15.8. The quantitative estimate of drug-likeness (QED) is 0.889. The normalized spacial score (nSPS) is 12.4. The standard InChI is InChI=1S/C11H14BrF2N.ClH/c1-6(2)3-10(15)11-8(13)4-7(12)5-9(11)14;/h4-6,10H,3,15H2,1-2H3;1H/t10-;/m1./s1. The first-order valence-corrected chi connectivity index (χ1v) is 5.61. The van der Waals surface area contributed by atoms with Crippen molar-refractivity contribution in [1.82, 2.24) is 0 Å². The number of rotatable bonds is 3. The molecule has 0 heterocycles. The van der Waals surface area contributed by atoms with E-state index in [0.717, 1.165) is 0 Å². The second kappa shape index (κ2) is 6.52. The van der Waals surface area contributed by atoms with Crippen LogP contribution in [0.1, 0.15) is 31.9 Å². The van der Waals surface area contributed by atoms with Crippen molar-refractivity contribution in [2.24, 2.45) is 11.7 Å². The molecular weight excluding hydrogens is 299 g/mol. The van der Waals surface area contributed by atoms with Crippen LogP contribution in [-0.4, -0.2) is 0 Å². The fourth-order valence-electron chi connectivity index (χ4n) is 1.53. The number of nitrogens with two attached hydrogens (primary N) is 1. The summed E-state index contributed by atoms with van der Waals surface area (Å²) in [7, 11) is 0. The van der Waals surface area contributed by atoms with E-state index in [-0.39, 0.29) is 18.0 Å². The number of hydrogen-bond donors (Lipinski definition) is 1. The third kappa shape index (κ3) is 4.00. The molecule has 0 amide bonds. The van der Waals surface area contributed by atoms with Crippen molar-refractivity contribution in [2.75, 3.05) is 0 Å². The lowest BCUT2D eigenvalue weighted by Gasteiger charge is -2.16. The van der Waals surface area contributed by atoms with Gasteiger partial charge in [0.05, 0.1) is 0 Å². The van der Waals surface area contributed by atoms with Gasteiger partial charge in [-0.1, -0.05) is 29.8 Å². The molecule has 0 fully saturated rings. The monoisotopic (exact) mass is 313 g/mol. The van der Waals surface area contributed by atoms with Gasteiger partial charge in [0.2, 0.25) is 0 Å². The summed E-state index contributed by atoms with van der Waals surface area (Å²) in [5.74, 6) is -0.868. The Bertz CT molecular complexity index is 335. The first-order valence-electron chi connectivity index (χ1n) is 4.81. The molecule has 1 atom stereocenters. The Kier molecular flexibility index (Phi) is 6.44. The molecule has 0 aliphatic heterocycles. The largest absolute Gasteiger partial charge is 0.324 e. The number of benzene rings is 1. The number of hydrogen-bond acceptors (Lipinski definition) is 1. The Morgan fingerprint density at radius 1 is 1.25 bits per heavy atom. The van der Waals surface area contributed by atoms with E-state index >= 15 is 0 Å². The van der Waals surface area contributed by atoms with Crippen LogP contribution in [-0.2, 0) is 0 Å². The van der Waals surface area contributed by atoms with Crippen molar-refractivity contribution in [3.05, 3.63) is 33.8 Å². The summed E-state index contributed by atoms with van der Waals surface area (Å²) in [4.78, 5) is 0. The van der Waals surface area contributed by atoms with Gasteiger partial charge in [0.15, 0.2) is 0 Å². The molecule has 0 spiro atoms. The molecule has 92 valence electrons. The van der Waals surface area contributed by atoms with Crippen molar-refractivity contribution in [2.45, 2.75) is 26.3 Å². The Balaban J connectivity index is 0.00000225. The maximum atomic E-state index is 13.5. The van der Waals surface area contributed by atoms with Crippen molar-refractivity contribution >= 4 is 28.3 Å². The molecule has 0 unspecified atom stereocenters. The van der Waals surface area contributed by atoms with Gasteiger partial charge in [0, 0.05) is 16.1 Å². The maximum absolute atomic E-state index is 13.5. The van der Waals surface area contributed by atoms with Gasteiger partial charge in [-0.05, 0) is 24.5 Å². The minimum absolute atomic E-state index is 0. The fourth-order valence-corrected chi connectivity index (χ4v) is 1.94. The summed E-state index contributed by atoms with van der Waals surface area (Å²) in [5.41, 5.74) is 5.73. The van der Waals surface area contributed by atoms with Crippen LogP contribution in [0, 0.1) is 17.6 Å². The Labute approximate surface area is 109 Å². The molecule has 0 radical (unpaired) electrons. The van der Waals surface area contributed by atoms with Crippen molar-refractivity contribution in [3.8, 4) is 0 Å². The zero-order valence-electron chi connectivity index (χ0n) is 9.14. The molecule has 2 N–H and O–H groups in total. The predicted molar refractivity (Wildman–Crippen MR) is 67.7 cm³/mol. The Morgan fingerprint density at radius 2 is 1.69 bits per heavy atom. The van der Waals surface area contributed by atoms with E-state index < -0.39 is 17.7 Å². The smallest absolute Gasteiger partial charge is 0.132 e. The topological polar surface area (TPSA) is 26.0 Å². The Morgan fingerprint density at radius 3 is 2.06 bits per heavy atom.